The van der Waals surface area contributed by atoms with Crippen LogP contribution in [0.15, 0.2) is 36.4 Å². The number of ether oxygens (including phenoxy) is 5. The number of nitrogens with zero attached hydrogens (tertiary/aromatic N) is 2. The number of fused-ring (bicyclic) bond motifs is 2. The quantitative estimate of drug-likeness (QED) is 0.625. The smallest absolute Gasteiger partial charge is 0.412 e. The lowest BCUT2D eigenvalue weighted by atomic mass is 9.84. The minimum atomic E-state index is -0.404. The van der Waals surface area contributed by atoms with Crippen LogP contribution in [0.25, 0.3) is 0 Å². The van der Waals surface area contributed by atoms with E-state index >= 15 is 0 Å². The largest absolute Gasteiger partial charge is 0.486 e. The summed E-state index contributed by atoms with van der Waals surface area (Å²) in [6, 6.07) is 11.5. The van der Waals surface area contributed by atoms with Crippen LogP contribution in [0.4, 0.5) is 10.5 Å². The molecule has 2 fully saturated rings. The van der Waals surface area contributed by atoms with Crippen molar-refractivity contribution in [3.05, 3.63) is 36.4 Å². The fourth-order valence-electron chi connectivity index (χ4n) is 5.73. The Morgan fingerprint density at radius 3 is 2.54 bits per heavy atom. The van der Waals surface area contributed by atoms with E-state index in [4.69, 9.17) is 23.7 Å². The molecule has 3 aliphatic heterocycles. The second kappa shape index (κ2) is 11.0. The highest BCUT2D eigenvalue weighted by molar-refractivity contribution is 5.71. The Kier molecular flexibility index (Phi) is 7.12. The van der Waals surface area contributed by atoms with E-state index in [9.17, 15) is 4.79 Å². The molecule has 1 saturated heterocycles. The van der Waals surface area contributed by atoms with Crippen molar-refractivity contribution in [1.82, 2.24) is 10.2 Å². The average Bonchev–Trinajstić information content (AvgIpc) is 3.42. The standard InChI is InChI=1S/C28H35N3O6/c32-28(37-22-8-9-24-26(18-22)34-17-16-33-24)29-21-6-4-20(5-7-21)10-11-30-12-14-31(15-13-30)23-2-1-3-25-27(23)36-19-35-25/h1-3,8-9,18,20-21H,4-7,10-17,19H2,(H,29,32)/t20-,21-. The Bertz CT molecular complexity index is 1100. The highest BCUT2D eigenvalue weighted by atomic mass is 16.7. The van der Waals surface area contributed by atoms with E-state index in [0.29, 0.717) is 43.2 Å². The highest BCUT2D eigenvalue weighted by Gasteiger charge is 2.27. The van der Waals surface area contributed by atoms with Gasteiger partial charge in [0.25, 0.3) is 0 Å². The summed E-state index contributed by atoms with van der Waals surface area (Å²) in [7, 11) is 0. The summed E-state index contributed by atoms with van der Waals surface area (Å²) in [6.45, 7) is 6.61. The summed E-state index contributed by atoms with van der Waals surface area (Å²) >= 11 is 0. The molecule has 0 radical (unpaired) electrons. The van der Waals surface area contributed by atoms with Crippen LogP contribution < -0.4 is 33.9 Å². The third-order valence-corrected chi connectivity index (χ3v) is 7.84. The molecule has 1 aliphatic carbocycles. The van der Waals surface area contributed by atoms with Crippen LogP contribution >= 0.6 is 0 Å². The molecule has 2 aromatic carbocycles. The van der Waals surface area contributed by atoms with E-state index in [-0.39, 0.29) is 6.04 Å². The topological polar surface area (TPSA) is 81.7 Å². The van der Waals surface area contributed by atoms with E-state index in [1.54, 1.807) is 18.2 Å². The lowest BCUT2D eigenvalue weighted by molar-refractivity contribution is 0.169. The Balaban J connectivity index is 0.893. The summed E-state index contributed by atoms with van der Waals surface area (Å²) in [4.78, 5) is 17.4. The van der Waals surface area contributed by atoms with Gasteiger partial charge in [0.05, 0.1) is 5.69 Å². The molecule has 9 heteroatoms. The van der Waals surface area contributed by atoms with Crippen LogP contribution in [-0.2, 0) is 0 Å². The third-order valence-electron chi connectivity index (χ3n) is 7.84. The predicted octanol–water partition coefficient (Wildman–Crippen LogP) is 4.05. The SMILES string of the molecule is O=C(N[C@H]1CC[C@H](CCN2CCN(c3cccc4c3OCO4)CC2)CC1)Oc1ccc2c(c1)OCCO2. The van der Waals surface area contributed by atoms with Gasteiger partial charge in [0.1, 0.15) is 19.0 Å². The highest BCUT2D eigenvalue weighted by Crippen LogP contribution is 2.41. The van der Waals surface area contributed by atoms with Crippen LogP contribution in [0.2, 0.25) is 0 Å². The summed E-state index contributed by atoms with van der Waals surface area (Å²) in [5.41, 5.74) is 1.15. The molecule has 198 valence electrons. The number of anilines is 1. The van der Waals surface area contributed by atoms with E-state index in [1.807, 2.05) is 12.1 Å². The maximum atomic E-state index is 12.4. The number of benzene rings is 2. The fourth-order valence-corrected chi connectivity index (χ4v) is 5.73. The molecule has 1 amide bonds. The van der Waals surface area contributed by atoms with Crippen molar-refractivity contribution in [2.24, 2.45) is 5.92 Å². The molecule has 0 unspecified atom stereocenters. The van der Waals surface area contributed by atoms with Crippen molar-refractivity contribution >= 4 is 11.8 Å². The molecule has 2 aromatic rings. The van der Waals surface area contributed by atoms with Crippen molar-refractivity contribution in [3.8, 4) is 28.7 Å². The van der Waals surface area contributed by atoms with Crippen LogP contribution in [0, 0.1) is 5.92 Å². The zero-order valence-corrected chi connectivity index (χ0v) is 21.2. The van der Waals surface area contributed by atoms with Gasteiger partial charge in [0.2, 0.25) is 6.79 Å². The number of piperazine rings is 1. The monoisotopic (exact) mass is 509 g/mol. The normalized spacial score (nSPS) is 23.0. The lowest BCUT2D eigenvalue weighted by Crippen LogP contribution is -2.47. The molecule has 1 saturated carbocycles. The van der Waals surface area contributed by atoms with Crippen molar-refractivity contribution in [1.29, 1.82) is 0 Å². The number of nitrogens with one attached hydrogen (secondary N) is 1. The molecule has 0 atom stereocenters. The predicted molar refractivity (Wildman–Crippen MR) is 138 cm³/mol. The zero-order chi connectivity index (χ0) is 25.0. The van der Waals surface area contributed by atoms with Gasteiger partial charge < -0.3 is 33.9 Å². The van der Waals surface area contributed by atoms with Crippen LogP contribution in [0.5, 0.6) is 28.7 Å². The summed E-state index contributed by atoms with van der Waals surface area (Å²) in [5, 5.41) is 3.04. The fraction of sp³-hybridized carbons (Fsp3) is 0.536. The molecule has 0 bridgehead atoms. The average molecular weight is 510 g/mol. The molecule has 37 heavy (non-hydrogen) atoms. The number of para-hydroxylation sites is 1. The van der Waals surface area contributed by atoms with E-state index in [0.717, 1.165) is 75.6 Å². The molecular formula is C28H35N3O6. The van der Waals surface area contributed by atoms with Crippen LogP contribution in [0.3, 0.4) is 0 Å². The van der Waals surface area contributed by atoms with Crippen molar-refractivity contribution in [2.45, 2.75) is 38.1 Å². The molecule has 9 nitrogen and oxygen atoms in total. The Morgan fingerprint density at radius 1 is 0.892 bits per heavy atom. The van der Waals surface area contributed by atoms with Gasteiger partial charge in [-0.25, -0.2) is 4.79 Å². The maximum Gasteiger partial charge on any atom is 0.412 e. The molecule has 1 N–H and O–H groups in total. The number of hydrogen-bond acceptors (Lipinski definition) is 8. The van der Waals surface area contributed by atoms with Gasteiger partial charge >= 0.3 is 6.09 Å². The molecule has 0 aromatic heterocycles. The molecule has 0 spiro atoms. The van der Waals surface area contributed by atoms with Crippen molar-refractivity contribution in [3.63, 3.8) is 0 Å². The minimum Gasteiger partial charge on any atom is -0.486 e. The Hall–Kier alpha value is -3.33. The number of carbonyl (C=O) groups is 1. The zero-order valence-electron chi connectivity index (χ0n) is 21.2. The van der Waals surface area contributed by atoms with Gasteiger partial charge in [-0.05, 0) is 68.8 Å². The van der Waals surface area contributed by atoms with Crippen molar-refractivity contribution in [2.75, 3.05) is 57.6 Å². The first-order valence-corrected chi connectivity index (χ1v) is 13.5. The maximum absolute atomic E-state index is 12.4. The first-order valence-electron chi connectivity index (χ1n) is 13.5. The number of amides is 1. The van der Waals surface area contributed by atoms with Gasteiger partial charge in [-0.2, -0.15) is 0 Å². The van der Waals surface area contributed by atoms with E-state index in [1.165, 1.54) is 6.42 Å². The van der Waals surface area contributed by atoms with Gasteiger partial charge in [-0.15, -0.1) is 0 Å². The first kappa shape index (κ1) is 24.0. The second-order valence-electron chi connectivity index (χ2n) is 10.2. The minimum absolute atomic E-state index is 0.170. The molecule has 3 heterocycles. The summed E-state index contributed by atoms with van der Waals surface area (Å²) in [6.07, 6.45) is 5.09. The van der Waals surface area contributed by atoms with Gasteiger partial charge in [0, 0.05) is 38.3 Å². The van der Waals surface area contributed by atoms with Gasteiger partial charge in [-0.1, -0.05) is 6.07 Å². The Labute approximate surface area is 217 Å². The molecular weight excluding hydrogens is 474 g/mol. The molecule has 6 rings (SSSR count). The number of hydrogen-bond donors (Lipinski definition) is 1. The lowest BCUT2D eigenvalue weighted by Gasteiger charge is -2.37. The van der Waals surface area contributed by atoms with Crippen LogP contribution in [-0.4, -0.2) is 69.8 Å². The van der Waals surface area contributed by atoms with Gasteiger partial charge in [-0.3, -0.25) is 4.90 Å². The first-order chi connectivity index (χ1) is 18.2. The Morgan fingerprint density at radius 2 is 1.70 bits per heavy atom. The third kappa shape index (κ3) is 5.66. The summed E-state index contributed by atoms with van der Waals surface area (Å²) < 4.78 is 27.8. The van der Waals surface area contributed by atoms with Gasteiger partial charge in [0.15, 0.2) is 23.0 Å². The van der Waals surface area contributed by atoms with Crippen LogP contribution in [0.1, 0.15) is 32.1 Å². The second-order valence-corrected chi connectivity index (χ2v) is 10.2. The van der Waals surface area contributed by atoms with Crippen molar-refractivity contribution < 1.29 is 28.5 Å². The van der Waals surface area contributed by atoms with E-state index < -0.39 is 6.09 Å². The molecule has 4 aliphatic rings. The number of carbonyl (C=O) groups excluding carboxylic acids is 1. The van der Waals surface area contributed by atoms with E-state index in [2.05, 4.69) is 21.2 Å². The number of rotatable bonds is 6. The summed E-state index contributed by atoms with van der Waals surface area (Å²) in [5.74, 6) is 4.22.